The molecule has 1 N–H and O–H groups in total. The van der Waals surface area contributed by atoms with E-state index in [1.54, 1.807) is 4.80 Å². The third-order valence-electron chi connectivity index (χ3n) is 2.37. The Hall–Kier alpha value is -1.46. The van der Waals surface area contributed by atoms with E-state index in [0.29, 0.717) is 18.8 Å². The van der Waals surface area contributed by atoms with Gasteiger partial charge in [0.05, 0.1) is 5.54 Å². The highest BCUT2D eigenvalue weighted by Gasteiger charge is 2.28. The van der Waals surface area contributed by atoms with Crippen molar-refractivity contribution in [3.63, 3.8) is 0 Å². The molecule has 1 saturated heterocycles. The van der Waals surface area contributed by atoms with Crippen LogP contribution in [0.4, 0.5) is 0 Å². The Kier molecular flexibility index (Phi) is 2.21. The Balaban J connectivity index is 2.17. The maximum atomic E-state index is 11.0. The first-order valence-electron chi connectivity index (χ1n) is 5.04. The van der Waals surface area contributed by atoms with Crippen molar-refractivity contribution >= 4 is 5.91 Å². The van der Waals surface area contributed by atoms with Crippen LogP contribution in [0.2, 0.25) is 0 Å². The predicted octanol–water partition coefficient (Wildman–Crippen LogP) is 0.0316. The van der Waals surface area contributed by atoms with Crippen molar-refractivity contribution in [1.29, 1.82) is 0 Å². The molecule has 0 bridgehead atoms. The normalized spacial score (nSPS) is 21.8. The van der Waals surface area contributed by atoms with Crippen molar-refractivity contribution in [1.82, 2.24) is 25.5 Å². The van der Waals surface area contributed by atoms with Gasteiger partial charge in [-0.3, -0.25) is 4.79 Å². The number of hydrogen-bond donors (Lipinski definition) is 1. The lowest BCUT2D eigenvalue weighted by Crippen LogP contribution is -2.25. The number of hydrogen-bond acceptors (Lipinski definition) is 4. The van der Waals surface area contributed by atoms with Gasteiger partial charge in [-0.1, -0.05) is 0 Å². The van der Waals surface area contributed by atoms with Crippen LogP contribution in [-0.4, -0.2) is 32.7 Å². The Bertz CT molecular complexity index is 378. The van der Waals surface area contributed by atoms with E-state index in [1.165, 1.54) is 0 Å². The molecule has 1 aromatic rings. The molecule has 1 aliphatic heterocycles. The maximum absolute atomic E-state index is 11.0. The minimum absolute atomic E-state index is 0.0621. The van der Waals surface area contributed by atoms with E-state index in [0.717, 1.165) is 0 Å². The van der Waals surface area contributed by atoms with Crippen LogP contribution < -0.4 is 5.32 Å². The number of rotatable bonds is 1. The minimum atomic E-state index is -0.165. The smallest absolute Gasteiger partial charge is 0.220 e. The summed E-state index contributed by atoms with van der Waals surface area (Å²) in [5.74, 6) is 0.795. The summed E-state index contributed by atoms with van der Waals surface area (Å²) in [7, 11) is 0. The van der Waals surface area contributed by atoms with Gasteiger partial charge in [-0.05, 0) is 26.0 Å². The highest BCUT2D eigenvalue weighted by molar-refractivity contribution is 5.79. The van der Waals surface area contributed by atoms with Gasteiger partial charge in [-0.2, -0.15) is 4.80 Å². The van der Waals surface area contributed by atoms with Gasteiger partial charge in [0.1, 0.15) is 0 Å². The molecule has 1 amide bonds. The van der Waals surface area contributed by atoms with Gasteiger partial charge in [0.25, 0.3) is 0 Å². The molecule has 6 nitrogen and oxygen atoms in total. The first-order valence-corrected chi connectivity index (χ1v) is 5.04. The van der Waals surface area contributed by atoms with Crippen LogP contribution in [0.1, 0.15) is 38.9 Å². The van der Waals surface area contributed by atoms with E-state index in [-0.39, 0.29) is 17.4 Å². The summed E-state index contributed by atoms with van der Waals surface area (Å²) in [4.78, 5) is 12.6. The summed E-state index contributed by atoms with van der Waals surface area (Å²) < 4.78 is 0. The summed E-state index contributed by atoms with van der Waals surface area (Å²) in [6, 6.07) is 0. The topological polar surface area (TPSA) is 72.7 Å². The Morgan fingerprint density at radius 2 is 2.20 bits per heavy atom. The zero-order valence-corrected chi connectivity index (χ0v) is 9.19. The lowest BCUT2D eigenvalue weighted by atomic mass is 10.1. The fourth-order valence-corrected chi connectivity index (χ4v) is 1.46. The number of carbonyl (C=O) groups is 1. The lowest BCUT2D eigenvalue weighted by molar-refractivity contribution is -0.119. The SMILES string of the molecule is CC(C)(C)n1nnc(C2CNC(=O)C2)n1. The van der Waals surface area contributed by atoms with Crippen LogP contribution >= 0.6 is 0 Å². The van der Waals surface area contributed by atoms with E-state index in [9.17, 15) is 4.79 Å². The summed E-state index contributed by atoms with van der Waals surface area (Å²) in [6.07, 6.45) is 0.468. The molecule has 0 radical (unpaired) electrons. The van der Waals surface area contributed by atoms with Crippen LogP contribution in [0.15, 0.2) is 0 Å². The molecule has 15 heavy (non-hydrogen) atoms. The molecule has 1 atom stereocenters. The molecule has 82 valence electrons. The minimum Gasteiger partial charge on any atom is -0.355 e. The standard InChI is InChI=1S/C9H15N5O/c1-9(2,3)14-12-8(11-13-14)6-4-7(15)10-5-6/h6H,4-5H2,1-3H3,(H,10,15). The summed E-state index contributed by atoms with van der Waals surface area (Å²) in [5.41, 5.74) is -0.165. The summed E-state index contributed by atoms with van der Waals surface area (Å²) in [5, 5.41) is 15.0. The highest BCUT2D eigenvalue weighted by Crippen LogP contribution is 2.19. The molecule has 0 saturated carbocycles. The fraction of sp³-hybridized carbons (Fsp3) is 0.778. The number of nitrogens with zero attached hydrogens (tertiary/aromatic N) is 4. The first kappa shape index (κ1) is 10.1. The number of amides is 1. The Labute approximate surface area is 88.0 Å². The second-order valence-corrected chi connectivity index (χ2v) is 4.81. The van der Waals surface area contributed by atoms with E-state index >= 15 is 0 Å². The van der Waals surface area contributed by atoms with Crippen LogP contribution in [-0.2, 0) is 10.3 Å². The zero-order valence-electron chi connectivity index (χ0n) is 9.19. The number of nitrogens with one attached hydrogen (secondary N) is 1. The van der Waals surface area contributed by atoms with Gasteiger partial charge in [-0.15, -0.1) is 10.2 Å². The maximum Gasteiger partial charge on any atom is 0.220 e. The quantitative estimate of drug-likeness (QED) is 0.708. The molecule has 0 aromatic carbocycles. The van der Waals surface area contributed by atoms with Gasteiger partial charge in [-0.25, -0.2) is 0 Å². The van der Waals surface area contributed by atoms with Crippen LogP contribution in [0.25, 0.3) is 0 Å². The van der Waals surface area contributed by atoms with E-state index in [2.05, 4.69) is 20.7 Å². The predicted molar refractivity (Wildman–Crippen MR) is 53.2 cm³/mol. The Morgan fingerprint density at radius 3 is 2.67 bits per heavy atom. The monoisotopic (exact) mass is 209 g/mol. The van der Waals surface area contributed by atoms with Gasteiger partial charge in [0.2, 0.25) is 5.91 Å². The molecule has 1 unspecified atom stereocenters. The van der Waals surface area contributed by atoms with Crippen molar-refractivity contribution in [2.75, 3.05) is 6.54 Å². The summed E-state index contributed by atoms with van der Waals surface area (Å²) >= 11 is 0. The van der Waals surface area contributed by atoms with E-state index in [1.807, 2.05) is 20.8 Å². The van der Waals surface area contributed by atoms with Crippen LogP contribution in [0.5, 0.6) is 0 Å². The number of aromatic nitrogens is 4. The molecule has 0 aliphatic carbocycles. The fourth-order valence-electron chi connectivity index (χ4n) is 1.46. The zero-order chi connectivity index (χ0) is 11.1. The number of carbonyl (C=O) groups excluding carboxylic acids is 1. The molecule has 1 aliphatic rings. The molecule has 2 rings (SSSR count). The van der Waals surface area contributed by atoms with Crippen LogP contribution in [0.3, 0.4) is 0 Å². The van der Waals surface area contributed by atoms with Crippen molar-refractivity contribution < 1.29 is 4.79 Å². The van der Waals surface area contributed by atoms with Crippen molar-refractivity contribution in [3.8, 4) is 0 Å². The molecule has 6 heteroatoms. The second-order valence-electron chi connectivity index (χ2n) is 4.81. The van der Waals surface area contributed by atoms with E-state index < -0.39 is 0 Å². The Morgan fingerprint density at radius 1 is 1.47 bits per heavy atom. The first-order chi connectivity index (χ1) is 6.97. The molecular weight excluding hydrogens is 194 g/mol. The molecule has 2 heterocycles. The van der Waals surface area contributed by atoms with Gasteiger partial charge in [0.15, 0.2) is 5.82 Å². The van der Waals surface area contributed by atoms with Crippen molar-refractivity contribution in [2.24, 2.45) is 0 Å². The average Bonchev–Trinajstić information content (AvgIpc) is 2.69. The van der Waals surface area contributed by atoms with Crippen molar-refractivity contribution in [2.45, 2.75) is 38.6 Å². The number of tetrazole rings is 1. The van der Waals surface area contributed by atoms with Crippen molar-refractivity contribution in [3.05, 3.63) is 5.82 Å². The third-order valence-corrected chi connectivity index (χ3v) is 2.37. The molecule has 0 spiro atoms. The molecule has 1 aromatic heterocycles. The highest BCUT2D eigenvalue weighted by atomic mass is 16.1. The van der Waals surface area contributed by atoms with Crippen LogP contribution in [0, 0.1) is 0 Å². The van der Waals surface area contributed by atoms with Gasteiger partial charge < -0.3 is 5.32 Å². The van der Waals surface area contributed by atoms with Gasteiger partial charge >= 0.3 is 0 Å². The van der Waals surface area contributed by atoms with Gasteiger partial charge in [0, 0.05) is 18.9 Å². The lowest BCUT2D eigenvalue weighted by Gasteiger charge is -2.15. The second kappa shape index (κ2) is 3.29. The largest absolute Gasteiger partial charge is 0.355 e. The van der Waals surface area contributed by atoms with E-state index in [4.69, 9.17) is 0 Å². The average molecular weight is 209 g/mol. The molecule has 1 fully saturated rings. The third kappa shape index (κ3) is 1.98. The molecular formula is C9H15N5O. The summed E-state index contributed by atoms with van der Waals surface area (Å²) in [6.45, 7) is 6.65.